The highest BCUT2D eigenvalue weighted by atomic mass is 35.5. The SMILES string of the molecule is N#CCOc1ccc(CCc2cc3oc(-c4nn[nH]n4)cc3cc2Cl)cc1C(F)(F)F. The maximum absolute atomic E-state index is 13.4. The van der Waals surface area contributed by atoms with Gasteiger partial charge >= 0.3 is 6.18 Å². The Bertz CT molecular complexity index is 1260. The van der Waals surface area contributed by atoms with Crippen molar-refractivity contribution < 1.29 is 22.3 Å². The molecule has 4 rings (SSSR count). The molecule has 2 aromatic heterocycles. The summed E-state index contributed by atoms with van der Waals surface area (Å²) in [5.74, 6) is 0.342. The Morgan fingerprint density at radius 2 is 2.00 bits per heavy atom. The Morgan fingerprint density at radius 1 is 1.16 bits per heavy atom. The fourth-order valence-corrected chi connectivity index (χ4v) is 3.40. The molecule has 0 spiro atoms. The normalized spacial score (nSPS) is 11.6. The highest BCUT2D eigenvalue weighted by Gasteiger charge is 2.34. The summed E-state index contributed by atoms with van der Waals surface area (Å²) in [5.41, 5.74) is 0.814. The van der Waals surface area contributed by atoms with E-state index in [2.05, 4.69) is 20.6 Å². The smallest absolute Gasteiger partial charge is 0.419 e. The number of halogens is 4. The van der Waals surface area contributed by atoms with Gasteiger partial charge in [0.05, 0.1) is 5.56 Å². The molecule has 0 fully saturated rings. The molecule has 7 nitrogen and oxygen atoms in total. The molecule has 0 radical (unpaired) electrons. The number of benzene rings is 2. The van der Waals surface area contributed by atoms with E-state index in [9.17, 15) is 13.2 Å². The summed E-state index contributed by atoms with van der Waals surface area (Å²) >= 11 is 6.37. The van der Waals surface area contributed by atoms with Crippen molar-refractivity contribution in [1.82, 2.24) is 20.6 Å². The second kappa shape index (κ2) is 8.28. The first-order valence-corrected chi connectivity index (χ1v) is 9.38. The maximum Gasteiger partial charge on any atom is 0.419 e. The molecule has 158 valence electrons. The van der Waals surface area contributed by atoms with Gasteiger partial charge < -0.3 is 9.15 Å². The molecule has 0 aliphatic carbocycles. The summed E-state index contributed by atoms with van der Waals surface area (Å²) < 4.78 is 50.7. The minimum atomic E-state index is -4.60. The molecule has 2 heterocycles. The van der Waals surface area contributed by atoms with Crippen LogP contribution in [0.5, 0.6) is 5.75 Å². The van der Waals surface area contributed by atoms with Gasteiger partial charge in [0, 0.05) is 10.4 Å². The number of nitrogens with one attached hydrogen (secondary N) is 1. The van der Waals surface area contributed by atoms with Crippen molar-refractivity contribution in [2.75, 3.05) is 6.61 Å². The first-order chi connectivity index (χ1) is 14.8. The van der Waals surface area contributed by atoms with E-state index >= 15 is 0 Å². The van der Waals surface area contributed by atoms with Gasteiger partial charge in [-0.05, 0) is 59.5 Å². The van der Waals surface area contributed by atoms with Gasteiger partial charge in [-0.25, -0.2) is 0 Å². The lowest BCUT2D eigenvalue weighted by Crippen LogP contribution is -2.10. The minimum Gasteiger partial charge on any atom is -0.478 e. The minimum absolute atomic E-state index is 0.298. The van der Waals surface area contributed by atoms with Gasteiger partial charge in [-0.3, -0.25) is 0 Å². The highest BCUT2D eigenvalue weighted by molar-refractivity contribution is 6.32. The first-order valence-electron chi connectivity index (χ1n) is 9.01. The molecular formula is C20H13ClF3N5O2. The number of rotatable bonds is 6. The molecule has 2 aromatic carbocycles. The molecule has 0 bridgehead atoms. The van der Waals surface area contributed by atoms with E-state index in [1.807, 2.05) is 0 Å². The summed E-state index contributed by atoms with van der Waals surface area (Å²) in [6.45, 7) is -0.465. The zero-order chi connectivity index (χ0) is 22.0. The van der Waals surface area contributed by atoms with E-state index in [0.717, 1.165) is 17.0 Å². The molecule has 0 atom stereocenters. The second-order valence-electron chi connectivity index (χ2n) is 6.60. The van der Waals surface area contributed by atoms with E-state index in [-0.39, 0.29) is 5.75 Å². The molecule has 4 aromatic rings. The predicted molar refractivity (Wildman–Crippen MR) is 104 cm³/mol. The summed E-state index contributed by atoms with van der Waals surface area (Å²) in [5, 5.41) is 23.3. The lowest BCUT2D eigenvalue weighted by atomic mass is 10.0. The van der Waals surface area contributed by atoms with Crippen LogP contribution in [0.3, 0.4) is 0 Å². The number of hydrogen-bond donors (Lipinski definition) is 1. The number of nitrogens with zero attached hydrogens (tertiary/aromatic N) is 4. The summed E-state index contributed by atoms with van der Waals surface area (Å²) in [4.78, 5) is 0. The molecule has 1 N–H and O–H groups in total. The molecule has 0 aliphatic rings. The number of ether oxygens (including phenoxy) is 1. The monoisotopic (exact) mass is 447 g/mol. The number of hydrogen-bond acceptors (Lipinski definition) is 6. The van der Waals surface area contributed by atoms with Gasteiger partial charge in [0.25, 0.3) is 0 Å². The van der Waals surface area contributed by atoms with Crippen molar-refractivity contribution in [2.24, 2.45) is 0 Å². The number of tetrazole rings is 1. The fraction of sp³-hybridized carbons (Fsp3) is 0.200. The van der Waals surface area contributed by atoms with E-state index in [1.165, 1.54) is 12.1 Å². The molecule has 0 amide bonds. The number of aryl methyl sites for hydroxylation is 2. The average Bonchev–Trinajstić information content (AvgIpc) is 3.39. The molecule has 31 heavy (non-hydrogen) atoms. The number of furan rings is 1. The van der Waals surface area contributed by atoms with Crippen LogP contribution < -0.4 is 4.74 Å². The number of fused-ring (bicyclic) bond motifs is 1. The first kappa shape index (κ1) is 20.7. The largest absolute Gasteiger partial charge is 0.478 e. The maximum atomic E-state index is 13.4. The van der Waals surface area contributed by atoms with Gasteiger partial charge in [0.2, 0.25) is 5.82 Å². The van der Waals surface area contributed by atoms with E-state index < -0.39 is 18.3 Å². The molecule has 0 aliphatic heterocycles. The lowest BCUT2D eigenvalue weighted by Gasteiger charge is -2.14. The van der Waals surface area contributed by atoms with Gasteiger partial charge in [0.15, 0.2) is 12.4 Å². The third kappa shape index (κ3) is 4.46. The van der Waals surface area contributed by atoms with Gasteiger partial charge in [-0.15, -0.1) is 10.2 Å². The topological polar surface area (TPSA) is 101 Å². The third-order valence-electron chi connectivity index (χ3n) is 4.58. The van der Waals surface area contributed by atoms with Crippen LogP contribution in [0.25, 0.3) is 22.6 Å². The molecule has 0 saturated carbocycles. The number of alkyl halides is 3. The van der Waals surface area contributed by atoms with Crippen LogP contribution in [0.15, 0.2) is 40.8 Å². The lowest BCUT2D eigenvalue weighted by molar-refractivity contribution is -0.138. The molecule has 11 heteroatoms. The Balaban J connectivity index is 1.57. The van der Waals surface area contributed by atoms with Gasteiger partial charge in [0.1, 0.15) is 17.4 Å². The van der Waals surface area contributed by atoms with Crippen molar-refractivity contribution in [3.8, 4) is 23.4 Å². The van der Waals surface area contributed by atoms with Crippen molar-refractivity contribution in [3.63, 3.8) is 0 Å². The summed E-state index contributed by atoms with van der Waals surface area (Å²) in [6, 6.07) is 10.6. The zero-order valence-corrected chi connectivity index (χ0v) is 16.5. The van der Waals surface area contributed by atoms with Crippen molar-refractivity contribution >= 4 is 22.6 Å². The van der Waals surface area contributed by atoms with Crippen LogP contribution in [0.2, 0.25) is 5.02 Å². The van der Waals surface area contributed by atoms with Crippen molar-refractivity contribution in [1.29, 1.82) is 5.26 Å². The Morgan fingerprint density at radius 3 is 2.71 bits per heavy atom. The zero-order valence-electron chi connectivity index (χ0n) is 15.7. The average molecular weight is 448 g/mol. The fourth-order valence-electron chi connectivity index (χ4n) is 3.14. The molecular weight excluding hydrogens is 435 g/mol. The Kier molecular flexibility index (Phi) is 5.52. The number of nitriles is 1. The van der Waals surface area contributed by atoms with Crippen LogP contribution in [0.1, 0.15) is 16.7 Å². The van der Waals surface area contributed by atoms with Gasteiger partial charge in [-0.2, -0.15) is 23.6 Å². The predicted octanol–water partition coefficient (Wildman–Crippen LogP) is 4.97. The number of aromatic nitrogens is 4. The van der Waals surface area contributed by atoms with E-state index in [4.69, 9.17) is 26.0 Å². The Labute approximate surface area is 178 Å². The van der Waals surface area contributed by atoms with Gasteiger partial charge in [-0.1, -0.05) is 17.7 Å². The van der Waals surface area contributed by atoms with Crippen LogP contribution in [-0.2, 0) is 19.0 Å². The van der Waals surface area contributed by atoms with E-state index in [0.29, 0.717) is 40.6 Å². The summed E-state index contributed by atoms with van der Waals surface area (Å²) in [6.07, 6.45) is -3.90. The van der Waals surface area contributed by atoms with Crippen LogP contribution in [0.4, 0.5) is 13.2 Å². The second-order valence-corrected chi connectivity index (χ2v) is 7.01. The molecule has 0 saturated heterocycles. The number of H-pyrrole nitrogens is 1. The number of aromatic amines is 1. The quantitative estimate of drug-likeness (QED) is 0.447. The molecule has 0 unspecified atom stereocenters. The Hall–Kier alpha value is -3.58. The highest BCUT2D eigenvalue weighted by Crippen LogP contribution is 2.37. The van der Waals surface area contributed by atoms with Crippen molar-refractivity contribution in [2.45, 2.75) is 19.0 Å². The van der Waals surface area contributed by atoms with Crippen LogP contribution >= 0.6 is 11.6 Å². The third-order valence-corrected chi connectivity index (χ3v) is 4.93. The van der Waals surface area contributed by atoms with Crippen molar-refractivity contribution in [3.05, 3.63) is 58.1 Å². The van der Waals surface area contributed by atoms with Crippen LogP contribution in [-0.4, -0.2) is 27.2 Å². The summed E-state index contributed by atoms with van der Waals surface area (Å²) in [7, 11) is 0. The standard InChI is InChI=1S/C20H13ClF3N5O2/c21-15-8-13-10-18(19-26-28-29-27-19)31-17(13)9-12(15)3-1-11-2-4-16(30-6-5-25)14(7-11)20(22,23)24/h2,4,7-10H,1,3,6H2,(H,26,27,28,29). The van der Waals surface area contributed by atoms with Crippen LogP contribution in [0, 0.1) is 11.3 Å². The van der Waals surface area contributed by atoms with E-state index in [1.54, 1.807) is 24.3 Å².